The summed E-state index contributed by atoms with van der Waals surface area (Å²) in [5, 5.41) is 0. The highest BCUT2D eigenvalue weighted by molar-refractivity contribution is 7.99. The maximum Gasteiger partial charge on any atom is 0.166 e. The van der Waals surface area contributed by atoms with Crippen molar-refractivity contribution >= 4 is 11.8 Å². The van der Waals surface area contributed by atoms with Crippen molar-refractivity contribution in [2.45, 2.75) is 26.6 Å². The van der Waals surface area contributed by atoms with E-state index >= 15 is 0 Å². The van der Waals surface area contributed by atoms with Crippen LogP contribution in [-0.2, 0) is 14.2 Å². The Labute approximate surface area is 91.5 Å². The van der Waals surface area contributed by atoms with Crippen LogP contribution in [0.5, 0.6) is 0 Å². The third-order valence-corrected chi connectivity index (χ3v) is 2.68. The van der Waals surface area contributed by atoms with E-state index in [0.717, 1.165) is 24.5 Å². The minimum absolute atomic E-state index is 0.0439. The summed E-state index contributed by atoms with van der Waals surface area (Å²) in [5.41, 5.74) is 0. The van der Waals surface area contributed by atoms with E-state index in [1.165, 1.54) is 0 Å². The molecular weight excluding hydrogens is 200 g/mol. The summed E-state index contributed by atoms with van der Waals surface area (Å²) < 4.78 is 15.8. The van der Waals surface area contributed by atoms with Crippen molar-refractivity contribution < 1.29 is 14.2 Å². The Morgan fingerprint density at radius 3 is 2.29 bits per heavy atom. The quantitative estimate of drug-likeness (QED) is 0.418. The van der Waals surface area contributed by atoms with Gasteiger partial charge in [-0.15, -0.1) is 0 Å². The third kappa shape index (κ3) is 8.81. The van der Waals surface area contributed by atoms with Gasteiger partial charge in [-0.1, -0.05) is 0 Å². The van der Waals surface area contributed by atoms with Crippen molar-refractivity contribution in [1.29, 1.82) is 0 Å². The van der Waals surface area contributed by atoms with E-state index in [4.69, 9.17) is 14.2 Å². The lowest BCUT2D eigenvalue weighted by Gasteiger charge is -2.16. The number of hydrogen-bond acceptors (Lipinski definition) is 4. The Morgan fingerprint density at radius 2 is 1.79 bits per heavy atom. The molecule has 0 unspecified atom stereocenters. The van der Waals surface area contributed by atoms with Crippen LogP contribution in [0.3, 0.4) is 0 Å². The summed E-state index contributed by atoms with van der Waals surface area (Å²) in [4.78, 5) is 0. The van der Waals surface area contributed by atoms with Crippen molar-refractivity contribution in [3.05, 3.63) is 0 Å². The maximum atomic E-state index is 5.41. The third-order valence-electron chi connectivity index (χ3n) is 1.60. The lowest BCUT2D eigenvalue weighted by Crippen LogP contribution is -2.20. The van der Waals surface area contributed by atoms with E-state index in [0.29, 0.717) is 13.2 Å². The maximum absolute atomic E-state index is 5.41. The van der Waals surface area contributed by atoms with Gasteiger partial charge in [-0.3, -0.25) is 0 Å². The predicted octanol–water partition coefficient (Wildman–Crippen LogP) is 2.16. The zero-order valence-electron chi connectivity index (χ0n) is 9.45. The summed E-state index contributed by atoms with van der Waals surface area (Å²) >= 11 is 1.85. The lowest BCUT2D eigenvalue weighted by molar-refractivity contribution is -0.120. The minimum atomic E-state index is -0.0439. The van der Waals surface area contributed by atoms with Gasteiger partial charge < -0.3 is 14.2 Å². The number of ether oxygens (including phenoxy) is 3. The molecule has 0 saturated heterocycles. The average Bonchev–Trinajstić information content (AvgIpc) is 2.18. The van der Waals surface area contributed by atoms with E-state index in [9.17, 15) is 0 Å². The molecule has 0 fully saturated rings. The normalized spacial score (nSPS) is 11.1. The van der Waals surface area contributed by atoms with E-state index in [1.807, 2.05) is 25.6 Å². The molecule has 0 aliphatic heterocycles. The van der Waals surface area contributed by atoms with E-state index < -0.39 is 0 Å². The van der Waals surface area contributed by atoms with Crippen LogP contribution in [0.1, 0.15) is 20.3 Å². The summed E-state index contributed by atoms with van der Waals surface area (Å²) in [6, 6.07) is 0. The standard InChI is InChI=1S/C10H22O3S/c1-4-12-10(13-5-2)9-14-8-6-7-11-3/h10H,4-9H2,1-3H3. The minimum Gasteiger partial charge on any atom is -0.385 e. The van der Waals surface area contributed by atoms with Crippen LogP contribution in [0.15, 0.2) is 0 Å². The van der Waals surface area contributed by atoms with Gasteiger partial charge in [0.05, 0.1) is 0 Å². The highest BCUT2D eigenvalue weighted by Gasteiger charge is 2.06. The zero-order chi connectivity index (χ0) is 10.6. The van der Waals surface area contributed by atoms with Gasteiger partial charge in [0.2, 0.25) is 0 Å². The molecule has 0 saturated carbocycles. The Balaban J connectivity index is 3.30. The van der Waals surface area contributed by atoms with Crippen LogP contribution in [0.2, 0.25) is 0 Å². The summed E-state index contributed by atoms with van der Waals surface area (Å²) in [6.07, 6.45) is 1.05. The van der Waals surface area contributed by atoms with Gasteiger partial charge in [-0.2, -0.15) is 11.8 Å². The molecule has 0 bridgehead atoms. The van der Waals surface area contributed by atoms with Crippen molar-refractivity contribution in [2.75, 3.05) is 38.4 Å². The molecule has 0 N–H and O–H groups in total. The zero-order valence-corrected chi connectivity index (χ0v) is 10.3. The van der Waals surface area contributed by atoms with Gasteiger partial charge in [0.1, 0.15) is 0 Å². The molecule has 0 aromatic rings. The van der Waals surface area contributed by atoms with Gasteiger partial charge in [-0.25, -0.2) is 0 Å². The lowest BCUT2D eigenvalue weighted by atomic mass is 10.5. The molecule has 0 aliphatic carbocycles. The van der Waals surface area contributed by atoms with Crippen molar-refractivity contribution in [3.63, 3.8) is 0 Å². The first-order valence-corrected chi connectivity index (χ1v) is 6.30. The molecule has 0 aromatic heterocycles. The van der Waals surface area contributed by atoms with Crippen LogP contribution in [0.25, 0.3) is 0 Å². The first-order valence-electron chi connectivity index (χ1n) is 5.15. The molecule has 0 atom stereocenters. The number of methoxy groups -OCH3 is 1. The molecule has 0 spiro atoms. The van der Waals surface area contributed by atoms with Crippen LogP contribution in [-0.4, -0.2) is 44.7 Å². The van der Waals surface area contributed by atoms with Crippen LogP contribution in [0, 0.1) is 0 Å². The van der Waals surface area contributed by atoms with Crippen LogP contribution in [0.4, 0.5) is 0 Å². The Hall–Kier alpha value is 0.230. The second kappa shape index (κ2) is 11.3. The second-order valence-corrected chi connectivity index (χ2v) is 3.91. The van der Waals surface area contributed by atoms with E-state index in [1.54, 1.807) is 7.11 Å². The van der Waals surface area contributed by atoms with Gasteiger partial charge in [-0.05, 0) is 26.0 Å². The molecule has 0 aromatic carbocycles. The van der Waals surface area contributed by atoms with Gasteiger partial charge in [0.25, 0.3) is 0 Å². The smallest absolute Gasteiger partial charge is 0.166 e. The molecule has 86 valence electrons. The molecule has 0 amide bonds. The van der Waals surface area contributed by atoms with Crippen LogP contribution >= 0.6 is 11.8 Å². The molecule has 0 rings (SSSR count). The molecule has 4 heteroatoms. The summed E-state index contributed by atoms with van der Waals surface area (Å²) in [5.74, 6) is 2.01. The first-order chi connectivity index (χ1) is 6.85. The average molecular weight is 222 g/mol. The molecular formula is C10H22O3S. The fraction of sp³-hybridized carbons (Fsp3) is 1.00. The van der Waals surface area contributed by atoms with Crippen molar-refractivity contribution in [2.24, 2.45) is 0 Å². The van der Waals surface area contributed by atoms with Gasteiger partial charge in [0.15, 0.2) is 6.29 Å². The number of rotatable bonds is 10. The summed E-state index contributed by atoms with van der Waals surface area (Å²) in [6.45, 7) is 6.23. The first kappa shape index (κ1) is 14.2. The number of hydrogen-bond donors (Lipinski definition) is 0. The highest BCUT2D eigenvalue weighted by Crippen LogP contribution is 2.08. The van der Waals surface area contributed by atoms with Crippen LogP contribution < -0.4 is 0 Å². The van der Waals surface area contributed by atoms with E-state index in [2.05, 4.69) is 0 Å². The van der Waals surface area contributed by atoms with E-state index in [-0.39, 0.29) is 6.29 Å². The fourth-order valence-corrected chi connectivity index (χ4v) is 1.87. The Bertz CT molecular complexity index is 106. The highest BCUT2D eigenvalue weighted by atomic mass is 32.2. The molecule has 14 heavy (non-hydrogen) atoms. The monoisotopic (exact) mass is 222 g/mol. The van der Waals surface area contributed by atoms with Gasteiger partial charge in [0, 0.05) is 32.7 Å². The second-order valence-electron chi connectivity index (χ2n) is 2.76. The Morgan fingerprint density at radius 1 is 1.14 bits per heavy atom. The molecule has 3 nitrogen and oxygen atoms in total. The van der Waals surface area contributed by atoms with Crippen molar-refractivity contribution in [3.8, 4) is 0 Å². The summed E-state index contributed by atoms with van der Waals surface area (Å²) in [7, 11) is 1.73. The fourth-order valence-electron chi connectivity index (χ4n) is 1.00. The number of thioether (sulfide) groups is 1. The SMILES string of the molecule is CCOC(CSCCCOC)OCC. The van der Waals surface area contributed by atoms with Crippen molar-refractivity contribution in [1.82, 2.24) is 0 Å². The largest absolute Gasteiger partial charge is 0.385 e. The molecule has 0 radical (unpaired) electrons. The van der Waals surface area contributed by atoms with Gasteiger partial charge >= 0.3 is 0 Å². The molecule has 0 aliphatic rings. The Kier molecular flexibility index (Phi) is 11.5. The predicted molar refractivity (Wildman–Crippen MR) is 60.9 cm³/mol. The molecule has 0 heterocycles. The topological polar surface area (TPSA) is 27.7 Å².